The van der Waals surface area contributed by atoms with E-state index in [4.69, 9.17) is 46.4 Å². The van der Waals surface area contributed by atoms with E-state index < -0.39 is 33.8 Å². The van der Waals surface area contributed by atoms with E-state index in [1.54, 1.807) is 43.3 Å². The van der Waals surface area contributed by atoms with E-state index in [1.807, 2.05) is 0 Å². The van der Waals surface area contributed by atoms with Gasteiger partial charge >= 0.3 is 0 Å². The monoisotopic (exact) mass is 524 g/mol. The van der Waals surface area contributed by atoms with Crippen LogP contribution in [0.15, 0.2) is 60.7 Å². The molecule has 4 nitrogen and oxygen atoms in total. The lowest BCUT2D eigenvalue weighted by atomic mass is 10.1. The normalized spacial score (nSPS) is 18.5. The number of aryl methyl sites for hydroxylation is 1. The van der Waals surface area contributed by atoms with Gasteiger partial charge in [-0.3, -0.25) is 9.59 Å². The van der Waals surface area contributed by atoms with E-state index in [2.05, 4.69) is 10.6 Å². The van der Waals surface area contributed by atoms with Crippen molar-refractivity contribution in [3.8, 4) is 0 Å². The lowest BCUT2D eigenvalue weighted by Gasteiger charge is -2.11. The van der Waals surface area contributed by atoms with Crippen molar-refractivity contribution in [2.75, 3.05) is 10.6 Å². The highest BCUT2D eigenvalue weighted by molar-refractivity contribution is 6.53. The maximum Gasteiger partial charge on any atom is 0.256 e. The van der Waals surface area contributed by atoms with Gasteiger partial charge in [-0.1, -0.05) is 29.3 Å². The molecule has 2 amide bonds. The van der Waals surface area contributed by atoms with Crippen molar-refractivity contribution >= 4 is 69.6 Å². The van der Waals surface area contributed by atoms with Crippen LogP contribution in [0.25, 0.3) is 0 Å². The zero-order valence-corrected chi connectivity index (χ0v) is 20.2. The first-order valence-corrected chi connectivity index (χ1v) is 11.4. The van der Waals surface area contributed by atoms with E-state index in [1.165, 1.54) is 24.3 Å². The molecule has 0 saturated heterocycles. The Bertz CT molecular complexity index is 1230. The highest BCUT2D eigenvalue weighted by Gasteiger charge is 2.67. The van der Waals surface area contributed by atoms with Crippen LogP contribution in [-0.4, -0.2) is 16.1 Å². The molecule has 4 rings (SSSR count). The molecule has 33 heavy (non-hydrogen) atoms. The van der Waals surface area contributed by atoms with Gasteiger partial charge in [-0.25, -0.2) is 4.39 Å². The summed E-state index contributed by atoms with van der Waals surface area (Å²) < 4.78 is 11.8. The third kappa shape index (κ3) is 5.12. The summed E-state index contributed by atoms with van der Waals surface area (Å²) >= 11 is 25.0. The third-order valence-corrected chi connectivity index (χ3v) is 6.81. The maximum atomic E-state index is 13.1. The molecule has 1 aliphatic carbocycles. The van der Waals surface area contributed by atoms with Gasteiger partial charge in [0.2, 0.25) is 5.91 Å². The van der Waals surface area contributed by atoms with Gasteiger partial charge in [0.1, 0.15) is 10.2 Å². The summed E-state index contributed by atoms with van der Waals surface area (Å²) in [6, 6.07) is 15.3. The molecule has 3 aromatic carbocycles. The zero-order valence-electron chi connectivity index (χ0n) is 17.1. The number of halogens is 5. The van der Waals surface area contributed by atoms with Crippen molar-refractivity contribution in [3.05, 3.63) is 93.2 Å². The zero-order chi connectivity index (χ0) is 23.9. The van der Waals surface area contributed by atoms with E-state index in [0.717, 1.165) is 0 Å². The molecule has 1 fully saturated rings. The number of anilines is 2. The third-order valence-electron chi connectivity index (χ3n) is 5.43. The number of hydrogen-bond acceptors (Lipinski definition) is 2. The minimum absolute atomic E-state index is 0.356. The summed E-state index contributed by atoms with van der Waals surface area (Å²) in [6.45, 7) is 1.77. The molecule has 0 bridgehead atoms. The largest absolute Gasteiger partial charge is 0.326 e. The summed E-state index contributed by atoms with van der Waals surface area (Å²) in [5.41, 5.74) is 2.59. The second-order valence-electron chi connectivity index (χ2n) is 7.81. The molecule has 0 aromatic heterocycles. The quantitative estimate of drug-likeness (QED) is 0.345. The molecule has 0 spiro atoms. The number of carbonyl (C=O) groups is 2. The smallest absolute Gasteiger partial charge is 0.256 e. The molecule has 2 N–H and O–H groups in total. The molecule has 2 unspecified atom stereocenters. The molecule has 1 aliphatic rings. The minimum Gasteiger partial charge on any atom is -0.326 e. The van der Waals surface area contributed by atoms with E-state index in [0.29, 0.717) is 38.1 Å². The Morgan fingerprint density at radius 2 is 1.48 bits per heavy atom. The lowest BCUT2D eigenvalue weighted by Crippen LogP contribution is -2.18. The molecule has 170 valence electrons. The van der Waals surface area contributed by atoms with E-state index >= 15 is 0 Å². The Kier molecular flexibility index (Phi) is 6.61. The van der Waals surface area contributed by atoms with Gasteiger partial charge in [0.05, 0.1) is 5.92 Å². The van der Waals surface area contributed by atoms with Crippen LogP contribution < -0.4 is 10.6 Å². The highest BCUT2D eigenvalue weighted by Crippen LogP contribution is 2.65. The minimum atomic E-state index is -1.31. The highest BCUT2D eigenvalue weighted by atomic mass is 35.5. The Morgan fingerprint density at radius 3 is 2.12 bits per heavy atom. The van der Waals surface area contributed by atoms with Gasteiger partial charge in [-0.05, 0) is 72.6 Å². The summed E-state index contributed by atoms with van der Waals surface area (Å²) in [5.74, 6) is -2.40. The second-order valence-corrected chi connectivity index (χ2v) is 10.1. The van der Waals surface area contributed by atoms with Crippen LogP contribution in [0.1, 0.15) is 27.4 Å². The van der Waals surface area contributed by atoms with Crippen molar-refractivity contribution in [1.29, 1.82) is 0 Å². The molecule has 2 atom stereocenters. The number of nitrogens with one attached hydrogen (secondary N) is 2. The molecular weight excluding hydrogens is 509 g/mol. The van der Waals surface area contributed by atoms with E-state index in [9.17, 15) is 14.0 Å². The fourth-order valence-corrected chi connectivity index (χ4v) is 5.09. The summed E-state index contributed by atoms with van der Waals surface area (Å²) in [4.78, 5) is 25.7. The fraction of sp³-hybridized carbons (Fsp3) is 0.167. The van der Waals surface area contributed by atoms with Crippen LogP contribution in [0.2, 0.25) is 10.0 Å². The maximum absolute atomic E-state index is 13.1. The lowest BCUT2D eigenvalue weighted by molar-refractivity contribution is -0.117. The van der Waals surface area contributed by atoms with Crippen LogP contribution in [-0.2, 0) is 4.79 Å². The molecule has 0 radical (unpaired) electrons. The van der Waals surface area contributed by atoms with Gasteiger partial charge in [0, 0.05) is 32.9 Å². The first-order chi connectivity index (χ1) is 15.6. The summed E-state index contributed by atoms with van der Waals surface area (Å²) in [6.07, 6.45) is 0. The van der Waals surface area contributed by atoms with Crippen LogP contribution in [0.4, 0.5) is 15.8 Å². The van der Waals surface area contributed by atoms with Crippen molar-refractivity contribution in [1.82, 2.24) is 0 Å². The number of alkyl halides is 2. The van der Waals surface area contributed by atoms with Gasteiger partial charge < -0.3 is 10.6 Å². The molecule has 9 heteroatoms. The molecular formula is C24H17Cl4FN2O2. The standard InChI is InChI=1S/C24H17Cl4FN2O2/c1-12-2-5-18(11-19(12)22(32)30-17-6-3-16(29)4-7-17)31-23(33)21-20(24(21,27)28)13-8-14(25)10-15(26)9-13/h2-11,20-21H,1H3,(H,30,32)(H,31,33). The van der Waals surface area contributed by atoms with Gasteiger partial charge in [-0.15, -0.1) is 23.2 Å². The van der Waals surface area contributed by atoms with Crippen LogP contribution in [0, 0.1) is 18.7 Å². The first kappa shape index (κ1) is 23.8. The number of benzene rings is 3. The molecule has 0 aliphatic heterocycles. The van der Waals surface area contributed by atoms with Crippen molar-refractivity contribution < 1.29 is 14.0 Å². The van der Waals surface area contributed by atoms with Crippen LogP contribution >= 0.6 is 46.4 Å². The van der Waals surface area contributed by atoms with Gasteiger partial charge in [0.15, 0.2) is 0 Å². The van der Waals surface area contributed by atoms with Gasteiger partial charge in [0.25, 0.3) is 5.91 Å². The molecule has 3 aromatic rings. The number of rotatable bonds is 5. The molecule has 0 heterocycles. The van der Waals surface area contributed by atoms with Crippen LogP contribution in [0.3, 0.4) is 0 Å². The van der Waals surface area contributed by atoms with Crippen molar-refractivity contribution in [3.63, 3.8) is 0 Å². The Hall–Kier alpha value is -2.31. The number of carbonyl (C=O) groups excluding carboxylic acids is 2. The average Bonchev–Trinajstić information content (AvgIpc) is 3.32. The van der Waals surface area contributed by atoms with E-state index in [-0.39, 0.29) is 0 Å². The SMILES string of the molecule is Cc1ccc(NC(=O)C2C(c3cc(Cl)cc(Cl)c3)C2(Cl)Cl)cc1C(=O)Nc1ccc(F)cc1. The predicted octanol–water partition coefficient (Wildman–Crippen LogP) is 7.22. The Morgan fingerprint density at radius 1 is 0.879 bits per heavy atom. The van der Waals surface area contributed by atoms with Crippen molar-refractivity contribution in [2.24, 2.45) is 5.92 Å². The average molecular weight is 526 g/mol. The summed E-state index contributed by atoms with van der Waals surface area (Å²) in [5, 5.41) is 6.33. The van der Waals surface area contributed by atoms with Crippen LogP contribution in [0.5, 0.6) is 0 Å². The Balaban J connectivity index is 1.50. The number of hydrogen-bond donors (Lipinski definition) is 2. The van der Waals surface area contributed by atoms with Crippen molar-refractivity contribution in [2.45, 2.75) is 17.2 Å². The first-order valence-electron chi connectivity index (χ1n) is 9.88. The molecule has 1 saturated carbocycles. The second kappa shape index (κ2) is 9.15. The summed E-state index contributed by atoms with van der Waals surface area (Å²) in [7, 11) is 0. The number of amides is 2. The van der Waals surface area contributed by atoms with Gasteiger partial charge in [-0.2, -0.15) is 0 Å². The Labute approximate surface area is 210 Å². The topological polar surface area (TPSA) is 58.2 Å². The predicted molar refractivity (Wildman–Crippen MR) is 131 cm³/mol. The fourth-order valence-electron chi connectivity index (χ4n) is 3.72.